The fraction of sp³-hybridized carbons (Fsp3) is 0.214. The van der Waals surface area contributed by atoms with Crippen LogP contribution >= 0.6 is 12.2 Å². The molecule has 5 heteroatoms. The Labute approximate surface area is 118 Å². The monoisotopic (exact) mass is 272 g/mol. The van der Waals surface area contributed by atoms with Crippen LogP contribution in [0.3, 0.4) is 0 Å². The third kappa shape index (κ3) is 3.72. The average Bonchev–Trinajstić information content (AvgIpc) is 2.46. The Morgan fingerprint density at radius 3 is 2.68 bits per heavy atom. The molecule has 2 aromatic rings. The molecule has 0 radical (unpaired) electrons. The fourth-order valence-electron chi connectivity index (χ4n) is 1.74. The van der Waals surface area contributed by atoms with Crippen LogP contribution in [-0.4, -0.2) is 28.5 Å². The molecule has 2 rings (SSSR count). The van der Waals surface area contributed by atoms with Crippen molar-refractivity contribution in [3.8, 4) is 0 Å². The van der Waals surface area contributed by atoms with Gasteiger partial charge in [-0.3, -0.25) is 4.98 Å². The fourth-order valence-corrected chi connectivity index (χ4v) is 1.87. The van der Waals surface area contributed by atoms with Crippen LogP contribution in [-0.2, 0) is 6.42 Å². The predicted octanol–water partition coefficient (Wildman–Crippen LogP) is 1.79. The van der Waals surface area contributed by atoms with Gasteiger partial charge in [-0.2, -0.15) is 0 Å². The van der Waals surface area contributed by atoms with Crippen LogP contribution in [0.15, 0.2) is 42.9 Å². The maximum absolute atomic E-state index is 5.63. The summed E-state index contributed by atoms with van der Waals surface area (Å²) in [7, 11) is 2.01. The standard InChI is InChI=1S/C14H16N4S/c1-18(9-5-11-2-6-16-7-3-11)13-10-12(14(15)19)4-8-17-13/h2-4,6-8,10H,5,9H2,1H3,(H2,15,19). The third-order valence-electron chi connectivity index (χ3n) is 2.91. The number of pyridine rings is 2. The van der Waals surface area contributed by atoms with E-state index in [9.17, 15) is 0 Å². The van der Waals surface area contributed by atoms with E-state index >= 15 is 0 Å². The molecule has 19 heavy (non-hydrogen) atoms. The summed E-state index contributed by atoms with van der Waals surface area (Å²) in [5.41, 5.74) is 7.73. The molecule has 0 saturated heterocycles. The van der Waals surface area contributed by atoms with Crippen molar-refractivity contribution < 1.29 is 0 Å². The molecule has 0 fully saturated rings. The first-order chi connectivity index (χ1) is 9.16. The van der Waals surface area contributed by atoms with Gasteiger partial charge in [0.05, 0.1) is 0 Å². The van der Waals surface area contributed by atoms with Gasteiger partial charge in [0.2, 0.25) is 0 Å². The second-order valence-corrected chi connectivity index (χ2v) is 4.73. The number of nitrogens with two attached hydrogens (primary N) is 1. The zero-order valence-electron chi connectivity index (χ0n) is 10.8. The number of thiocarbonyl (C=S) groups is 1. The van der Waals surface area contributed by atoms with Gasteiger partial charge in [-0.25, -0.2) is 4.98 Å². The van der Waals surface area contributed by atoms with E-state index in [2.05, 4.69) is 14.9 Å². The number of hydrogen-bond acceptors (Lipinski definition) is 4. The summed E-state index contributed by atoms with van der Waals surface area (Å²) in [6.45, 7) is 0.873. The summed E-state index contributed by atoms with van der Waals surface area (Å²) in [5, 5.41) is 0. The minimum absolute atomic E-state index is 0.395. The number of likely N-dealkylation sites (N-methyl/N-ethyl adjacent to an activating group) is 1. The molecule has 98 valence electrons. The van der Waals surface area contributed by atoms with E-state index in [1.165, 1.54) is 5.56 Å². The van der Waals surface area contributed by atoms with Crippen LogP contribution in [0.5, 0.6) is 0 Å². The number of nitrogens with zero attached hydrogens (tertiary/aromatic N) is 3. The smallest absolute Gasteiger partial charge is 0.128 e. The van der Waals surface area contributed by atoms with Crippen LogP contribution in [0.4, 0.5) is 5.82 Å². The molecule has 0 spiro atoms. The highest BCUT2D eigenvalue weighted by molar-refractivity contribution is 7.80. The van der Waals surface area contributed by atoms with Crippen molar-refractivity contribution in [1.29, 1.82) is 0 Å². The summed E-state index contributed by atoms with van der Waals surface area (Å²) in [4.78, 5) is 10.8. The molecule has 0 aliphatic heterocycles. The maximum atomic E-state index is 5.63. The molecule has 0 saturated carbocycles. The lowest BCUT2D eigenvalue weighted by Gasteiger charge is -2.18. The Bertz CT molecular complexity index is 556. The summed E-state index contributed by atoms with van der Waals surface area (Å²) in [6.07, 6.45) is 6.28. The second-order valence-electron chi connectivity index (χ2n) is 4.29. The summed E-state index contributed by atoms with van der Waals surface area (Å²) < 4.78 is 0. The van der Waals surface area contributed by atoms with Crippen molar-refractivity contribution in [2.75, 3.05) is 18.5 Å². The lowest BCUT2D eigenvalue weighted by Crippen LogP contribution is -2.22. The van der Waals surface area contributed by atoms with E-state index in [4.69, 9.17) is 18.0 Å². The number of anilines is 1. The molecule has 0 unspecified atom stereocenters. The minimum Gasteiger partial charge on any atom is -0.389 e. The van der Waals surface area contributed by atoms with E-state index in [0.717, 1.165) is 24.3 Å². The molecular formula is C14H16N4S. The molecule has 2 N–H and O–H groups in total. The number of aromatic nitrogens is 2. The zero-order chi connectivity index (χ0) is 13.7. The Balaban J connectivity index is 2.02. The van der Waals surface area contributed by atoms with Crippen molar-refractivity contribution in [3.05, 3.63) is 54.0 Å². The Morgan fingerprint density at radius 1 is 1.26 bits per heavy atom. The minimum atomic E-state index is 0.395. The Kier molecular flexibility index (Phi) is 4.41. The number of hydrogen-bond donors (Lipinski definition) is 1. The molecule has 0 bridgehead atoms. The average molecular weight is 272 g/mol. The van der Waals surface area contributed by atoms with Gasteiger partial charge in [-0.1, -0.05) is 12.2 Å². The topological polar surface area (TPSA) is 55.0 Å². The number of rotatable bonds is 5. The van der Waals surface area contributed by atoms with Crippen LogP contribution < -0.4 is 10.6 Å². The highest BCUT2D eigenvalue weighted by Gasteiger charge is 2.05. The first-order valence-electron chi connectivity index (χ1n) is 6.02. The first kappa shape index (κ1) is 13.4. The predicted molar refractivity (Wildman–Crippen MR) is 81.3 cm³/mol. The van der Waals surface area contributed by atoms with Crippen LogP contribution in [0.2, 0.25) is 0 Å². The highest BCUT2D eigenvalue weighted by atomic mass is 32.1. The van der Waals surface area contributed by atoms with Gasteiger partial charge < -0.3 is 10.6 Å². The van der Waals surface area contributed by atoms with Crippen molar-refractivity contribution in [1.82, 2.24) is 9.97 Å². The van der Waals surface area contributed by atoms with E-state index in [0.29, 0.717) is 4.99 Å². The van der Waals surface area contributed by atoms with Crippen LogP contribution in [0.25, 0.3) is 0 Å². The summed E-state index contributed by atoms with van der Waals surface area (Å²) in [5.74, 6) is 0.874. The van der Waals surface area contributed by atoms with E-state index in [1.54, 1.807) is 18.6 Å². The van der Waals surface area contributed by atoms with Crippen molar-refractivity contribution in [2.24, 2.45) is 5.73 Å². The lowest BCUT2D eigenvalue weighted by molar-refractivity contribution is 0.858. The van der Waals surface area contributed by atoms with Crippen LogP contribution in [0, 0.1) is 0 Å². The van der Waals surface area contributed by atoms with E-state index < -0.39 is 0 Å². The van der Waals surface area contributed by atoms with Gasteiger partial charge in [0.15, 0.2) is 0 Å². The highest BCUT2D eigenvalue weighted by Crippen LogP contribution is 2.12. The molecule has 2 aromatic heterocycles. The van der Waals surface area contributed by atoms with Crippen molar-refractivity contribution in [2.45, 2.75) is 6.42 Å². The van der Waals surface area contributed by atoms with Crippen molar-refractivity contribution >= 4 is 23.0 Å². The molecule has 0 aliphatic rings. The van der Waals surface area contributed by atoms with Gasteiger partial charge in [0.1, 0.15) is 10.8 Å². The largest absolute Gasteiger partial charge is 0.389 e. The first-order valence-corrected chi connectivity index (χ1v) is 6.43. The summed E-state index contributed by atoms with van der Waals surface area (Å²) >= 11 is 4.97. The third-order valence-corrected chi connectivity index (χ3v) is 3.14. The van der Waals surface area contributed by atoms with Gasteiger partial charge >= 0.3 is 0 Å². The maximum Gasteiger partial charge on any atom is 0.128 e. The quantitative estimate of drug-likeness (QED) is 0.841. The van der Waals surface area contributed by atoms with Gasteiger partial charge in [-0.15, -0.1) is 0 Å². The Morgan fingerprint density at radius 2 is 2.00 bits per heavy atom. The molecule has 0 aromatic carbocycles. The van der Waals surface area contributed by atoms with Crippen molar-refractivity contribution in [3.63, 3.8) is 0 Å². The zero-order valence-corrected chi connectivity index (χ0v) is 11.6. The molecular weight excluding hydrogens is 256 g/mol. The summed E-state index contributed by atoms with van der Waals surface area (Å²) in [6, 6.07) is 7.77. The van der Waals surface area contributed by atoms with Crippen LogP contribution in [0.1, 0.15) is 11.1 Å². The van der Waals surface area contributed by atoms with E-state index in [-0.39, 0.29) is 0 Å². The molecule has 4 nitrogen and oxygen atoms in total. The molecule has 0 aliphatic carbocycles. The molecule has 2 heterocycles. The van der Waals surface area contributed by atoms with Gasteiger partial charge in [0.25, 0.3) is 0 Å². The van der Waals surface area contributed by atoms with Gasteiger partial charge in [0, 0.05) is 37.7 Å². The Hall–Kier alpha value is -2.01. The molecule has 0 amide bonds. The SMILES string of the molecule is CN(CCc1ccncc1)c1cc(C(N)=S)ccn1. The van der Waals surface area contributed by atoms with E-state index in [1.807, 2.05) is 31.3 Å². The normalized spacial score (nSPS) is 10.2. The molecule has 0 atom stereocenters. The lowest BCUT2D eigenvalue weighted by atomic mass is 10.2. The second kappa shape index (κ2) is 6.24. The van der Waals surface area contributed by atoms with Gasteiger partial charge in [-0.05, 0) is 36.2 Å².